The average molecular weight is 259 g/mol. The molecule has 3 heteroatoms. The Morgan fingerprint density at radius 3 is 2.26 bits per heavy atom. The highest BCUT2D eigenvalue weighted by molar-refractivity contribution is 5.83. The van der Waals surface area contributed by atoms with Gasteiger partial charge >= 0.3 is 5.63 Å². The molecule has 0 aliphatic heterocycles. The monoisotopic (exact) mass is 259 g/mol. The number of fused-ring (bicyclic) bond motifs is 1. The predicted molar refractivity (Wildman–Crippen MR) is 80.0 cm³/mol. The standard InChI is InChI=1S/C16H21NO2/c1-10(2)17(11(3)4)13-6-7-14-12(5)8-16(18)19-15(14)9-13/h6-11H,1-5H3. The quantitative estimate of drug-likeness (QED) is 0.788. The van der Waals surface area contributed by atoms with Crippen molar-refractivity contribution in [1.82, 2.24) is 0 Å². The van der Waals surface area contributed by atoms with Crippen molar-refractivity contribution in [3.8, 4) is 0 Å². The Balaban J connectivity index is 2.60. The molecule has 102 valence electrons. The second kappa shape index (κ2) is 5.08. The summed E-state index contributed by atoms with van der Waals surface area (Å²) >= 11 is 0. The van der Waals surface area contributed by atoms with Crippen LogP contribution in [0.5, 0.6) is 0 Å². The summed E-state index contributed by atoms with van der Waals surface area (Å²) in [4.78, 5) is 13.8. The first-order valence-electron chi connectivity index (χ1n) is 6.73. The van der Waals surface area contributed by atoms with Gasteiger partial charge in [0.15, 0.2) is 0 Å². The maximum Gasteiger partial charge on any atom is 0.336 e. The van der Waals surface area contributed by atoms with E-state index in [1.54, 1.807) is 0 Å². The maximum atomic E-state index is 11.5. The van der Waals surface area contributed by atoms with E-state index in [-0.39, 0.29) is 5.63 Å². The van der Waals surface area contributed by atoms with Gasteiger partial charge in [-0.15, -0.1) is 0 Å². The molecule has 0 fully saturated rings. The Labute approximate surface area is 113 Å². The minimum absolute atomic E-state index is 0.289. The van der Waals surface area contributed by atoms with Gasteiger partial charge in [0.05, 0.1) is 0 Å². The molecule has 0 unspecified atom stereocenters. The lowest BCUT2D eigenvalue weighted by Crippen LogP contribution is -2.36. The molecule has 0 N–H and O–H groups in total. The molecule has 19 heavy (non-hydrogen) atoms. The number of hydrogen-bond acceptors (Lipinski definition) is 3. The molecule has 1 heterocycles. The van der Waals surface area contributed by atoms with Gasteiger partial charge in [-0.25, -0.2) is 4.79 Å². The van der Waals surface area contributed by atoms with Crippen LogP contribution >= 0.6 is 0 Å². The molecule has 0 saturated carbocycles. The predicted octanol–water partition coefficient (Wildman–Crippen LogP) is 3.72. The average Bonchev–Trinajstić information content (AvgIpc) is 2.26. The molecular weight excluding hydrogens is 238 g/mol. The zero-order valence-corrected chi connectivity index (χ0v) is 12.2. The van der Waals surface area contributed by atoms with Crippen LogP contribution in [-0.4, -0.2) is 12.1 Å². The lowest BCUT2D eigenvalue weighted by Gasteiger charge is -2.33. The summed E-state index contributed by atoms with van der Waals surface area (Å²) in [6.45, 7) is 10.6. The van der Waals surface area contributed by atoms with E-state index in [1.807, 2.05) is 19.1 Å². The van der Waals surface area contributed by atoms with Gasteiger partial charge in [-0.1, -0.05) is 0 Å². The summed E-state index contributed by atoms with van der Waals surface area (Å²) in [5, 5.41) is 0.996. The highest BCUT2D eigenvalue weighted by Crippen LogP contribution is 2.26. The molecule has 0 radical (unpaired) electrons. The lowest BCUT2D eigenvalue weighted by molar-refractivity contribution is 0.558. The van der Waals surface area contributed by atoms with E-state index in [9.17, 15) is 4.79 Å². The number of hydrogen-bond donors (Lipinski definition) is 0. The fraction of sp³-hybridized carbons (Fsp3) is 0.438. The highest BCUT2D eigenvalue weighted by atomic mass is 16.4. The highest BCUT2D eigenvalue weighted by Gasteiger charge is 2.15. The van der Waals surface area contributed by atoms with Gasteiger partial charge in [-0.2, -0.15) is 0 Å². The topological polar surface area (TPSA) is 33.5 Å². The van der Waals surface area contributed by atoms with E-state index in [0.29, 0.717) is 17.7 Å². The minimum atomic E-state index is -0.289. The summed E-state index contributed by atoms with van der Waals surface area (Å²) in [5.74, 6) is 0. The van der Waals surface area contributed by atoms with Crippen LogP contribution in [0, 0.1) is 6.92 Å². The van der Waals surface area contributed by atoms with Crippen LogP contribution in [0.4, 0.5) is 5.69 Å². The molecule has 0 bridgehead atoms. The van der Waals surface area contributed by atoms with Crippen LogP contribution in [0.3, 0.4) is 0 Å². The van der Waals surface area contributed by atoms with Crippen molar-refractivity contribution in [3.63, 3.8) is 0 Å². The van der Waals surface area contributed by atoms with Gasteiger partial charge in [0.2, 0.25) is 0 Å². The smallest absolute Gasteiger partial charge is 0.336 e. The molecule has 1 aromatic heterocycles. The summed E-state index contributed by atoms with van der Waals surface area (Å²) in [5.41, 5.74) is 2.42. The molecule has 2 rings (SSSR count). The molecule has 0 amide bonds. The van der Waals surface area contributed by atoms with Gasteiger partial charge < -0.3 is 9.32 Å². The zero-order chi connectivity index (χ0) is 14.2. The Kier molecular flexibility index (Phi) is 3.65. The molecule has 0 spiro atoms. The van der Waals surface area contributed by atoms with Crippen LogP contribution in [0.25, 0.3) is 11.0 Å². The Morgan fingerprint density at radius 1 is 1.05 bits per heavy atom. The number of benzene rings is 1. The van der Waals surface area contributed by atoms with E-state index < -0.39 is 0 Å². The minimum Gasteiger partial charge on any atom is -0.423 e. The molecule has 0 atom stereocenters. The van der Waals surface area contributed by atoms with Gasteiger partial charge in [0, 0.05) is 35.3 Å². The van der Waals surface area contributed by atoms with Crippen molar-refractivity contribution in [2.45, 2.75) is 46.7 Å². The van der Waals surface area contributed by atoms with Gasteiger partial charge in [0.1, 0.15) is 5.58 Å². The van der Waals surface area contributed by atoms with Crippen LogP contribution in [0.15, 0.2) is 33.5 Å². The van der Waals surface area contributed by atoms with E-state index in [0.717, 1.165) is 16.6 Å². The number of aryl methyl sites for hydroxylation is 1. The molecule has 0 aliphatic carbocycles. The summed E-state index contributed by atoms with van der Waals surface area (Å²) < 4.78 is 5.31. The van der Waals surface area contributed by atoms with E-state index in [1.165, 1.54) is 6.07 Å². The molecule has 3 nitrogen and oxygen atoms in total. The SMILES string of the molecule is Cc1cc(=O)oc2cc(N(C(C)C)C(C)C)ccc12. The van der Waals surface area contributed by atoms with Crippen molar-refractivity contribution in [1.29, 1.82) is 0 Å². The van der Waals surface area contributed by atoms with Crippen molar-refractivity contribution in [2.24, 2.45) is 0 Å². The third-order valence-electron chi connectivity index (χ3n) is 3.35. The van der Waals surface area contributed by atoms with Crippen molar-refractivity contribution < 1.29 is 4.42 Å². The van der Waals surface area contributed by atoms with E-state index in [2.05, 4.69) is 38.7 Å². The maximum absolute atomic E-state index is 11.5. The molecule has 1 aromatic carbocycles. The number of nitrogens with zero attached hydrogens (tertiary/aromatic N) is 1. The Morgan fingerprint density at radius 2 is 1.68 bits per heavy atom. The largest absolute Gasteiger partial charge is 0.423 e. The molecular formula is C16H21NO2. The summed E-state index contributed by atoms with van der Waals surface area (Å²) in [6, 6.07) is 8.41. The fourth-order valence-corrected chi connectivity index (χ4v) is 2.67. The first kappa shape index (κ1) is 13.7. The van der Waals surface area contributed by atoms with E-state index >= 15 is 0 Å². The van der Waals surface area contributed by atoms with Crippen molar-refractivity contribution in [2.75, 3.05) is 4.90 Å². The van der Waals surface area contributed by atoms with Gasteiger partial charge in [0.25, 0.3) is 0 Å². The van der Waals surface area contributed by atoms with Crippen LogP contribution in [0.1, 0.15) is 33.3 Å². The van der Waals surface area contributed by atoms with Crippen LogP contribution in [-0.2, 0) is 0 Å². The van der Waals surface area contributed by atoms with Crippen LogP contribution in [0.2, 0.25) is 0 Å². The lowest BCUT2D eigenvalue weighted by atomic mass is 10.1. The summed E-state index contributed by atoms with van der Waals surface area (Å²) in [6.07, 6.45) is 0. The Hall–Kier alpha value is -1.77. The first-order valence-corrected chi connectivity index (χ1v) is 6.73. The Bertz CT molecular complexity index is 633. The number of anilines is 1. The van der Waals surface area contributed by atoms with Gasteiger partial charge in [-0.05, 0) is 52.3 Å². The van der Waals surface area contributed by atoms with E-state index in [4.69, 9.17) is 4.42 Å². The second-order valence-corrected chi connectivity index (χ2v) is 5.52. The molecule has 0 saturated heterocycles. The van der Waals surface area contributed by atoms with Crippen molar-refractivity contribution in [3.05, 3.63) is 40.2 Å². The van der Waals surface area contributed by atoms with Crippen LogP contribution < -0.4 is 10.5 Å². The summed E-state index contributed by atoms with van der Waals surface area (Å²) in [7, 11) is 0. The zero-order valence-electron chi connectivity index (χ0n) is 12.2. The first-order chi connectivity index (χ1) is 8.90. The second-order valence-electron chi connectivity index (χ2n) is 5.52. The third kappa shape index (κ3) is 2.65. The third-order valence-corrected chi connectivity index (χ3v) is 3.35. The fourth-order valence-electron chi connectivity index (χ4n) is 2.67. The number of rotatable bonds is 3. The van der Waals surface area contributed by atoms with Gasteiger partial charge in [-0.3, -0.25) is 0 Å². The molecule has 2 aromatic rings. The normalized spacial score (nSPS) is 11.5. The van der Waals surface area contributed by atoms with Crippen molar-refractivity contribution >= 4 is 16.7 Å². The molecule has 0 aliphatic rings.